The molecule has 1 aromatic carbocycles. The van der Waals surface area contributed by atoms with Crippen molar-refractivity contribution in [3.63, 3.8) is 0 Å². The molecule has 2 saturated heterocycles. The molecule has 0 unspecified atom stereocenters. The molecule has 9 heteroatoms. The Hall–Kier alpha value is -2.26. The molecule has 2 aliphatic rings. The van der Waals surface area contributed by atoms with Crippen molar-refractivity contribution in [1.29, 1.82) is 0 Å². The van der Waals surface area contributed by atoms with Gasteiger partial charge in [-0.15, -0.1) is 0 Å². The van der Waals surface area contributed by atoms with Gasteiger partial charge in [-0.05, 0) is 25.0 Å². The molecule has 7 nitrogen and oxygen atoms in total. The van der Waals surface area contributed by atoms with Gasteiger partial charge in [0.05, 0.1) is 19.8 Å². The van der Waals surface area contributed by atoms with Gasteiger partial charge in [-0.1, -0.05) is 6.07 Å². The Morgan fingerprint density at radius 2 is 1.83 bits per heavy atom. The van der Waals surface area contributed by atoms with Gasteiger partial charge in [-0.25, -0.2) is 8.78 Å². The Bertz CT molecular complexity index is 732. The lowest BCUT2D eigenvalue weighted by molar-refractivity contribution is -0.136. The van der Waals surface area contributed by atoms with E-state index in [1.807, 2.05) is 11.8 Å². The van der Waals surface area contributed by atoms with Crippen LogP contribution in [-0.2, 0) is 16.0 Å². The zero-order chi connectivity index (χ0) is 21.3. The number of carbonyl (C=O) groups is 1. The van der Waals surface area contributed by atoms with Crippen LogP contribution in [-0.4, -0.2) is 98.7 Å². The summed E-state index contributed by atoms with van der Waals surface area (Å²) in [5.41, 5.74) is 0.461. The van der Waals surface area contributed by atoms with E-state index < -0.39 is 11.6 Å². The molecule has 2 heterocycles. The van der Waals surface area contributed by atoms with Gasteiger partial charge in [0.2, 0.25) is 5.91 Å². The molecule has 30 heavy (non-hydrogen) atoms. The molecule has 0 radical (unpaired) electrons. The number of aliphatic imine (C=N–C) groups is 1. The minimum Gasteiger partial charge on any atom is -0.378 e. The van der Waals surface area contributed by atoms with Crippen molar-refractivity contribution in [2.24, 2.45) is 4.99 Å². The van der Waals surface area contributed by atoms with Crippen molar-refractivity contribution in [2.45, 2.75) is 13.3 Å². The maximum atomic E-state index is 13.8. The quantitative estimate of drug-likeness (QED) is 0.545. The first-order valence-electron chi connectivity index (χ1n) is 10.6. The first kappa shape index (κ1) is 22.4. The highest BCUT2D eigenvalue weighted by Crippen LogP contribution is 2.11. The van der Waals surface area contributed by atoms with Crippen LogP contribution in [0.5, 0.6) is 0 Å². The fourth-order valence-corrected chi connectivity index (χ4v) is 3.65. The SMILES string of the molecule is CCNC(=NCCc1ccc(F)cc1F)N1CCN(CC(=O)N2CCOCC2)CC1. The largest absolute Gasteiger partial charge is 0.378 e. The summed E-state index contributed by atoms with van der Waals surface area (Å²) >= 11 is 0. The Labute approximate surface area is 176 Å². The zero-order valence-electron chi connectivity index (χ0n) is 17.6. The van der Waals surface area contributed by atoms with E-state index in [4.69, 9.17) is 4.74 Å². The van der Waals surface area contributed by atoms with E-state index in [-0.39, 0.29) is 5.91 Å². The van der Waals surface area contributed by atoms with Crippen LogP contribution >= 0.6 is 0 Å². The van der Waals surface area contributed by atoms with Gasteiger partial charge in [0, 0.05) is 58.4 Å². The Kier molecular flexibility index (Phi) is 8.39. The number of nitrogens with one attached hydrogen (secondary N) is 1. The summed E-state index contributed by atoms with van der Waals surface area (Å²) in [6.45, 7) is 9.28. The van der Waals surface area contributed by atoms with E-state index in [0.29, 0.717) is 51.4 Å². The van der Waals surface area contributed by atoms with Crippen molar-refractivity contribution < 1.29 is 18.3 Å². The van der Waals surface area contributed by atoms with E-state index in [9.17, 15) is 13.6 Å². The molecule has 3 rings (SSSR count). The normalized spacial score (nSPS) is 18.6. The first-order chi connectivity index (χ1) is 14.6. The van der Waals surface area contributed by atoms with E-state index in [1.54, 1.807) is 0 Å². The van der Waals surface area contributed by atoms with Crippen LogP contribution in [0.1, 0.15) is 12.5 Å². The standard InChI is InChI=1S/C21H31F2N5O2/c1-2-24-21(25-6-5-17-3-4-18(22)15-19(17)23)28-9-7-26(8-10-28)16-20(29)27-11-13-30-14-12-27/h3-4,15H,2,5-14,16H2,1H3,(H,24,25). The zero-order valence-corrected chi connectivity index (χ0v) is 17.6. The lowest BCUT2D eigenvalue weighted by atomic mass is 10.1. The van der Waals surface area contributed by atoms with Crippen molar-refractivity contribution in [1.82, 2.24) is 20.0 Å². The first-order valence-corrected chi connectivity index (χ1v) is 10.6. The van der Waals surface area contributed by atoms with Crippen molar-refractivity contribution in [2.75, 3.05) is 72.1 Å². The number of guanidine groups is 1. The van der Waals surface area contributed by atoms with Gasteiger partial charge < -0.3 is 19.9 Å². The number of hydrogen-bond acceptors (Lipinski definition) is 4. The number of benzene rings is 1. The van der Waals surface area contributed by atoms with E-state index in [2.05, 4.69) is 20.1 Å². The Balaban J connectivity index is 1.48. The molecule has 0 spiro atoms. The van der Waals surface area contributed by atoms with Crippen LogP contribution < -0.4 is 5.32 Å². The number of rotatable bonds is 6. The minimum absolute atomic E-state index is 0.161. The van der Waals surface area contributed by atoms with Crippen LogP contribution in [0.4, 0.5) is 8.78 Å². The summed E-state index contributed by atoms with van der Waals surface area (Å²) in [5, 5.41) is 3.28. The fourth-order valence-electron chi connectivity index (χ4n) is 3.65. The summed E-state index contributed by atoms with van der Waals surface area (Å²) in [4.78, 5) is 23.3. The molecule has 1 aromatic rings. The van der Waals surface area contributed by atoms with Gasteiger partial charge in [0.25, 0.3) is 0 Å². The van der Waals surface area contributed by atoms with Crippen LogP contribution in [0, 0.1) is 11.6 Å². The smallest absolute Gasteiger partial charge is 0.236 e. The van der Waals surface area contributed by atoms with Crippen molar-refractivity contribution in [3.05, 3.63) is 35.4 Å². The molecule has 0 bridgehead atoms. The van der Waals surface area contributed by atoms with E-state index in [1.165, 1.54) is 12.1 Å². The maximum Gasteiger partial charge on any atom is 0.236 e. The monoisotopic (exact) mass is 423 g/mol. The Morgan fingerprint density at radius 3 is 2.50 bits per heavy atom. The second kappa shape index (κ2) is 11.2. The number of carbonyl (C=O) groups excluding carboxylic acids is 1. The minimum atomic E-state index is -0.571. The predicted octanol–water partition coefficient (Wildman–Crippen LogP) is 0.949. The third-order valence-corrected chi connectivity index (χ3v) is 5.39. The number of halogens is 2. The van der Waals surface area contributed by atoms with Gasteiger partial charge in [0.1, 0.15) is 11.6 Å². The third-order valence-electron chi connectivity index (χ3n) is 5.39. The number of nitrogens with zero attached hydrogens (tertiary/aromatic N) is 4. The van der Waals surface area contributed by atoms with Gasteiger partial charge in [0.15, 0.2) is 5.96 Å². The third kappa shape index (κ3) is 6.37. The summed E-state index contributed by atoms with van der Waals surface area (Å²) in [6, 6.07) is 3.64. The summed E-state index contributed by atoms with van der Waals surface area (Å²) in [5.74, 6) is -0.153. The Morgan fingerprint density at radius 1 is 1.10 bits per heavy atom. The van der Waals surface area contributed by atoms with Gasteiger partial charge >= 0.3 is 0 Å². The highest BCUT2D eigenvalue weighted by molar-refractivity contribution is 5.80. The molecule has 1 N–H and O–H groups in total. The van der Waals surface area contributed by atoms with Crippen LogP contribution in [0.25, 0.3) is 0 Å². The summed E-state index contributed by atoms with van der Waals surface area (Å²) in [6.07, 6.45) is 0.412. The second-order valence-electron chi connectivity index (χ2n) is 7.48. The molecular formula is C21H31F2N5O2. The van der Waals surface area contributed by atoms with Crippen LogP contribution in [0.2, 0.25) is 0 Å². The van der Waals surface area contributed by atoms with Gasteiger partial charge in [-0.3, -0.25) is 14.7 Å². The van der Waals surface area contributed by atoms with Crippen LogP contribution in [0.3, 0.4) is 0 Å². The lowest BCUT2D eigenvalue weighted by Crippen LogP contribution is -2.55. The average Bonchev–Trinajstić information content (AvgIpc) is 2.76. The number of amides is 1. The van der Waals surface area contributed by atoms with Gasteiger partial charge in [-0.2, -0.15) is 0 Å². The van der Waals surface area contributed by atoms with E-state index >= 15 is 0 Å². The van der Waals surface area contributed by atoms with Crippen molar-refractivity contribution >= 4 is 11.9 Å². The number of hydrogen-bond donors (Lipinski definition) is 1. The number of morpholine rings is 1. The summed E-state index contributed by atoms with van der Waals surface area (Å²) in [7, 11) is 0. The van der Waals surface area contributed by atoms with Crippen molar-refractivity contribution in [3.8, 4) is 0 Å². The molecule has 0 atom stereocenters. The fraction of sp³-hybridized carbons (Fsp3) is 0.619. The molecule has 0 aromatic heterocycles. The highest BCUT2D eigenvalue weighted by atomic mass is 19.1. The molecule has 2 fully saturated rings. The highest BCUT2D eigenvalue weighted by Gasteiger charge is 2.24. The lowest BCUT2D eigenvalue weighted by Gasteiger charge is -2.37. The molecule has 166 valence electrons. The maximum absolute atomic E-state index is 13.8. The summed E-state index contributed by atoms with van der Waals surface area (Å²) < 4.78 is 32.1. The van der Waals surface area contributed by atoms with E-state index in [0.717, 1.165) is 44.7 Å². The molecular weight excluding hydrogens is 392 g/mol. The number of piperazine rings is 1. The molecule has 1 amide bonds. The topological polar surface area (TPSA) is 60.4 Å². The second-order valence-corrected chi connectivity index (χ2v) is 7.48. The predicted molar refractivity (Wildman–Crippen MR) is 111 cm³/mol. The molecule has 2 aliphatic heterocycles. The number of ether oxygens (including phenoxy) is 1. The molecule has 0 saturated carbocycles. The molecule has 0 aliphatic carbocycles. The average molecular weight is 424 g/mol. The van der Waals surface area contributed by atoms with Crippen LogP contribution in [0.15, 0.2) is 23.2 Å².